The van der Waals surface area contributed by atoms with Crippen LogP contribution in [0.2, 0.25) is 0 Å². The van der Waals surface area contributed by atoms with E-state index in [0.717, 1.165) is 0 Å². The van der Waals surface area contributed by atoms with Crippen LogP contribution in [0.3, 0.4) is 0 Å². The van der Waals surface area contributed by atoms with Crippen LogP contribution in [0.4, 0.5) is 0 Å². The van der Waals surface area contributed by atoms with E-state index in [-0.39, 0.29) is 12.5 Å². The van der Waals surface area contributed by atoms with Gasteiger partial charge in [0.1, 0.15) is 0 Å². The van der Waals surface area contributed by atoms with Crippen molar-refractivity contribution in [2.75, 3.05) is 0 Å². The first kappa shape index (κ1) is 4.14. The van der Waals surface area contributed by atoms with Gasteiger partial charge >= 0.3 is 0 Å². The Morgan fingerprint density at radius 2 is 2.62 bits per heavy atom. The maximum absolute atomic E-state index is 5.03. The summed E-state index contributed by atoms with van der Waals surface area (Å²) in [7, 11) is 0. The van der Waals surface area contributed by atoms with Gasteiger partial charge in [0.05, 0.1) is 0 Å². The van der Waals surface area contributed by atoms with E-state index in [0.29, 0.717) is 5.90 Å². The van der Waals surface area contributed by atoms with Crippen LogP contribution < -0.4 is 5.43 Å². The van der Waals surface area contributed by atoms with Gasteiger partial charge in [-0.05, 0) is 0 Å². The fraction of sp³-hybridized carbons (Fsp3) is 0.750. The second kappa shape index (κ2) is 1.14. The lowest BCUT2D eigenvalue weighted by atomic mass is 10.6. The van der Waals surface area contributed by atoms with E-state index in [2.05, 4.69) is 10.5 Å². The maximum Gasteiger partial charge on any atom is 0.250 e. The minimum atomic E-state index is -0.0625. The highest BCUT2D eigenvalue weighted by Gasteiger charge is 2.44. The molecule has 1 saturated heterocycles. The number of hydrazone groups is 1. The highest BCUT2D eigenvalue weighted by Crippen LogP contribution is 2.23. The van der Waals surface area contributed by atoms with Crippen molar-refractivity contribution in [3.8, 4) is 0 Å². The number of nitrogens with zero attached hydrogens (tertiary/aromatic N) is 1. The molecule has 2 rings (SSSR count). The normalized spacial score (nSPS) is 40.9. The van der Waals surface area contributed by atoms with Crippen molar-refractivity contribution in [3.63, 3.8) is 0 Å². The Morgan fingerprint density at radius 3 is 3.25 bits per heavy atom. The van der Waals surface area contributed by atoms with Gasteiger partial charge in [0, 0.05) is 6.92 Å². The van der Waals surface area contributed by atoms with Gasteiger partial charge in [-0.2, -0.15) is 0 Å². The summed E-state index contributed by atoms with van der Waals surface area (Å²) in [5.74, 6) is 0.642. The molecule has 4 nitrogen and oxygen atoms in total. The molecule has 0 bridgehead atoms. The average molecular weight is 114 g/mol. The van der Waals surface area contributed by atoms with E-state index in [1.54, 1.807) is 6.92 Å². The van der Waals surface area contributed by atoms with Gasteiger partial charge in [-0.25, -0.2) is 0 Å². The predicted molar refractivity (Wildman–Crippen MR) is 26.0 cm³/mol. The minimum absolute atomic E-state index is 0.0266. The Labute approximate surface area is 46.5 Å². The Hall–Kier alpha value is -0.770. The van der Waals surface area contributed by atoms with E-state index < -0.39 is 0 Å². The van der Waals surface area contributed by atoms with Gasteiger partial charge in [-0.1, -0.05) is 0 Å². The fourth-order valence-electron chi connectivity index (χ4n) is 0.629. The summed E-state index contributed by atoms with van der Waals surface area (Å²) in [6.07, 6.45) is -0.0359. The molecule has 0 radical (unpaired) electrons. The van der Waals surface area contributed by atoms with Crippen LogP contribution >= 0.6 is 0 Å². The number of nitrogens with one attached hydrogen (secondary N) is 1. The molecular formula is C4H6N2O2. The van der Waals surface area contributed by atoms with E-state index >= 15 is 0 Å². The smallest absolute Gasteiger partial charge is 0.250 e. The Balaban J connectivity index is 2.10. The molecule has 0 aromatic heterocycles. The minimum Gasteiger partial charge on any atom is -0.445 e. The van der Waals surface area contributed by atoms with Crippen LogP contribution in [0.1, 0.15) is 6.92 Å². The van der Waals surface area contributed by atoms with E-state index in [1.807, 2.05) is 0 Å². The lowest BCUT2D eigenvalue weighted by molar-refractivity contribution is 0.167. The lowest BCUT2D eigenvalue weighted by Crippen LogP contribution is -2.23. The molecule has 0 aromatic carbocycles. The van der Waals surface area contributed by atoms with Gasteiger partial charge in [0.15, 0.2) is 0 Å². The highest BCUT2D eigenvalue weighted by atomic mass is 16.8. The molecule has 1 fully saturated rings. The summed E-state index contributed by atoms with van der Waals surface area (Å²) in [6, 6.07) is 0. The quantitative estimate of drug-likeness (QED) is 0.437. The molecule has 2 unspecified atom stereocenters. The van der Waals surface area contributed by atoms with Gasteiger partial charge in [0.2, 0.25) is 18.4 Å². The van der Waals surface area contributed by atoms with E-state index in [9.17, 15) is 0 Å². The zero-order chi connectivity index (χ0) is 5.56. The Kier molecular flexibility index (Phi) is 0.590. The zero-order valence-electron chi connectivity index (χ0n) is 4.42. The third-order valence-corrected chi connectivity index (χ3v) is 1.09. The van der Waals surface area contributed by atoms with Crippen LogP contribution in [-0.4, -0.2) is 18.4 Å². The van der Waals surface area contributed by atoms with Crippen LogP contribution in [0.25, 0.3) is 0 Å². The van der Waals surface area contributed by atoms with Gasteiger partial charge < -0.3 is 9.47 Å². The second-order valence-electron chi connectivity index (χ2n) is 1.80. The van der Waals surface area contributed by atoms with Crippen LogP contribution in [-0.2, 0) is 9.47 Å². The molecule has 0 aliphatic carbocycles. The van der Waals surface area contributed by atoms with Crippen molar-refractivity contribution in [2.24, 2.45) is 5.10 Å². The third kappa shape index (κ3) is 0.462. The number of epoxide rings is 1. The number of hydrogen-bond acceptors (Lipinski definition) is 4. The van der Waals surface area contributed by atoms with E-state index in [1.165, 1.54) is 0 Å². The summed E-state index contributed by atoms with van der Waals surface area (Å²) in [5, 5.41) is 3.77. The van der Waals surface area contributed by atoms with Crippen LogP contribution in [0.5, 0.6) is 0 Å². The van der Waals surface area contributed by atoms with Crippen LogP contribution in [0, 0.1) is 0 Å². The molecule has 0 spiro atoms. The topological polar surface area (TPSA) is 46.2 Å². The molecule has 2 aliphatic heterocycles. The van der Waals surface area contributed by atoms with E-state index in [4.69, 9.17) is 9.47 Å². The van der Waals surface area contributed by atoms with Crippen molar-refractivity contribution in [3.05, 3.63) is 0 Å². The standard InChI is InChI=1S/C4H6N2O2/c1-2-5-6-3-4(7-2)8-3/h3-4,6H,1H3. The predicted octanol–water partition coefficient (Wildman–Crippen LogP) is -0.378. The summed E-state index contributed by atoms with van der Waals surface area (Å²) in [5.41, 5.74) is 2.75. The van der Waals surface area contributed by atoms with Crippen molar-refractivity contribution < 1.29 is 9.47 Å². The fourth-order valence-corrected chi connectivity index (χ4v) is 0.629. The molecule has 0 saturated carbocycles. The lowest BCUT2D eigenvalue weighted by Gasteiger charge is -2.04. The molecule has 2 heterocycles. The zero-order valence-corrected chi connectivity index (χ0v) is 4.42. The third-order valence-electron chi connectivity index (χ3n) is 1.09. The number of hydrogen-bond donors (Lipinski definition) is 1. The van der Waals surface area contributed by atoms with Crippen LogP contribution in [0.15, 0.2) is 5.10 Å². The molecule has 2 aliphatic rings. The number of ether oxygens (including phenoxy) is 2. The summed E-state index contributed by atoms with van der Waals surface area (Å²) < 4.78 is 9.93. The second-order valence-corrected chi connectivity index (χ2v) is 1.80. The molecule has 4 heteroatoms. The summed E-state index contributed by atoms with van der Waals surface area (Å²) in [6.45, 7) is 1.78. The molecular weight excluding hydrogens is 108 g/mol. The Morgan fingerprint density at radius 1 is 1.75 bits per heavy atom. The SMILES string of the molecule is CC1=NNC2OC2O1. The molecule has 0 amide bonds. The van der Waals surface area contributed by atoms with Gasteiger partial charge in [0.25, 0.3) is 0 Å². The first-order chi connectivity index (χ1) is 3.86. The monoisotopic (exact) mass is 114 g/mol. The number of rotatable bonds is 0. The van der Waals surface area contributed by atoms with Crippen molar-refractivity contribution in [1.82, 2.24) is 5.43 Å². The molecule has 0 aromatic rings. The molecule has 2 atom stereocenters. The Bertz CT molecular complexity index is 145. The first-order valence-corrected chi connectivity index (χ1v) is 2.48. The first-order valence-electron chi connectivity index (χ1n) is 2.48. The molecule has 1 N–H and O–H groups in total. The summed E-state index contributed by atoms with van der Waals surface area (Å²) >= 11 is 0. The van der Waals surface area contributed by atoms with Gasteiger partial charge in [-0.15, -0.1) is 5.10 Å². The summed E-state index contributed by atoms with van der Waals surface area (Å²) in [4.78, 5) is 0. The van der Waals surface area contributed by atoms with Crippen molar-refractivity contribution >= 4 is 5.90 Å². The van der Waals surface area contributed by atoms with Crippen molar-refractivity contribution in [1.29, 1.82) is 0 Å². The largest absolute Gasteiger partial charge is 0.445 e. The highest BCUT2D eigenvalue weighted by molar-refractivity contribution is 5.73. The molecule has 44 valence electrons. The maximum atomic E-state index is 5.03. The number of fused-ring (bicyclic) bond motifs is 1. The molecule has 8 heavy (non-hydrogen) atoms. The van der Waals surface area contributed by atoms with Gasteiger partial charge in [-0.3, -0.25) is 5.43 Å². The average Bonchev–Trinajstić information content (AvgIpc) is 2.43. The van der Waals surface area contributed by atoms with Crippen molar-refractivity contribution in [2.45, 2.75) is 19.4 Å².